The van der Waals surface area contributed by atoms with Crippen molar-refractivity contribution in [1.29, 1.82) is 0 Å². The Labute approximate surface area is 205 Å². The smallest absolute Gasteiger partial charge is 0.263 e. The molecule has 0 atom stereocenters. The first kappa shape index (κ1) is 21.4. The molecule has 1 aliphatic heterocycles. The van der Waals surface area contributed by atoms with E-state index in [2.05, 4.69) is 4.99 Å². The molecule has 0 saturated heterocycles. The second kappa shape index (κ2) is 8.29. The topological polar surface area (TPSA) is 88.7 Å². The van der Waals surface area contributed by atoms with Gasteiger partial charge in [0.05, 0.1) is 16.6 Å². The van der Waals surface area contributed by atoms with Crippen LogP contribution in [-0.4, -0.2) is 32.9 Å². The van der Waals surface area contributed by atoms with Crippen molar-refractivity contribution >= 4 is 39.8 Å². The Balaban J connectivity index is 1.65. The first-order valence-electron chi connectivity index (χ1n) is 11.3. The third-order valence-electron chi connectivity index (χ3n) is 6.29. The average molecular weight is 470 g/mol. The van der Waals surface area contributed by atoms with E-state index in [9.17, 15) is 19.5 Å². The summed E-state index contributed by atoms with van der Waals surface area (Å²) in [7, 11) is 0. The first-order chi connectivity index (χ1) is 17.6. The number of nitrogens with zero attached hydrogens (tertiary/aromatic N) is 2. The molecule has 0 radical (unpaired) electrons. The summed E-state index contributed by atoms with van der Waals surface area (Å²) >= 11 is 0. The molecule has 172 valence electrons. The molecule has 0 unspecified atom stereocenters. The molecule has 2 heterocycles. The number of carbonyl (C=O) groups is 3. The highest BCUT2D eigenvalue weighted by Crippen LogP contribution is 2.40. The number of fused-ring (bicyclic) bond motifs is 2. The van der Waals surface area contributed by atoms with Crippen LogP contribution in [0.5, 0.6) is 5.75 Å². The lowest BCUT2D eigenvalue weighted by molar-refractivity contribution is 0.0962. The van der Waals surface area contributed by atoms with Crippen molar-refractivity contribution in [2.75, 3.05) is 0 Å². The summed E-state index contributed by atoms with van der Waals surface area (Å²) in [5.41, 5.74) is 2.09. The zero-order chi connectivity index (χ0) is 24.8. The van der Waals surface area contributed by atoms with Gasteiger partial charge < -0.3 is 5.11 Å². The normalized spacial score (nSPS) is 12.4. The van der Waals surface area contributed by atoms with Crippen LogP contribution in [-0.2, 0) is 0 Å². The molecule has 1 aliphatic rings. The molecule has 0 bridgehead atoms. The number of carbonyl (C=O) groups excluding carboxylic acids is 3. The maximum atomic E-state index is 13.8. The molecule has 0 saturated carbocycles. The van der Waals surface area contributed by atoms with Crippen LogP contribution in [0.1, 0.15) is 42.3 Å². The molecule has 0 aliphatic carbocycles. The Kier molecular flexibility index (Phi) is 4.93. The molecule has 36 heavy (non-hydrogen) atoms. The van der Waals surface area contributed by atoms with Crippen molar-refractivity contribution in [3.8, 4) is 5.75 Å². The Morgan fingerprint density at radius 3 is 2.06 bits per heavy atom. The number of aromatic nitrogens is 1. The molecule has 1 N–H and O–H groups in total. The van der Waals surface area contributed by atoms with E-state index in [1.54, 1.807) is 97.1 Å². The van der Waals surface area contributed by atoms with Gasteiger partial charge in [-0.1, -0.05) is 72.8 Å². The molecule has 4 aromatic carbocycles. The number of hydrogen-bond acceptors (Lipinski definition) is 5. The summed E-state index contributed by atoms with van der Waals surface area (Å²) in [6, 6.07) is 29.0. The van der Waals surface area contributed by atoms with Gasteiger partial charge in [0.2, 0.25) is 5.78 Å². The van der Waals surface area contributed by atoms with Crippen molar-refractivity contribution in [3.05, 3.63) is 131 Å². The van der Waals surface area contributed by atoms with Gasteiger partial charge in [-0.25, -0.2) is 4.99 Å². The molecule has 0 fully saturated rings. The lowest BCUT2D eigenvalue weighted by Crippen LogP contribution is -2.21. The van der Waals surface area contributed by atoms with E-state index < -0.39 is 11.7 Å². The molecule has 6 nitrogen and oxygen atoms in total. The minimum atomic E-state index is -0.452. The van der Waals surface area contributed by atoms with Crippen molar-refractivity contribution in [1.82, 2.24) is 4.57 Å². The molecule has 1 aromatic heterocycles. The Bertz CT molecular complexity index is 1730. The fraction of sp³-hybridized carbons (Fsp3) is 0. The zero-order valence-corrected chi connectivity index (χ0v) is 18.9. The lowest BCUT2D eigenvalue weighted by atomic mass is 9.99. The third kappa shape index (κ3) is 3.20. The maximum Gasteiger partial charge on any atom is 0.263 e. The highest BCUT2D eigenvalue weighted by atomic mass is 16.3. The Morgan fingerprint density at radius 1 is 0.722 bits per heavy atom. The minimum absolute atomic E-state index is 0.0339. The van der Waals surface area contributed by atoms with Gasteiger partial charge >= 0.3 is 0 Å². The van der Waals surface area contributed by atoms with Crippen LogP contribution in [0.2, 0.25) is 0 Å². The number of Topliss-reactive ketones (excluding diaryl/α,β-unsaturated/α-hetero) is 1. The number of aromatic hydroxyl groups is 1. The third-order valence-corrected chi connectivity index (χ3v) is 6.29. The number of para-hydroxylation sites is 1. The summed E-state index contributed by atoms with van der Waals surface area (Å²) in [6.07, 6.45) is 0. The first-order valence-corrected chi connectivity index (χ1v) is 11.3. The summed E-state index contributed by atoms with van der Waals surface area (Å²) in [6.45, 7) is 0. The zero-order valence-electron chi connectivity index (χ0n) is 18.9. The van der Waals surface area contributed by atoms with Gasteiger partial charge in [-0.3, -0.25) is 19.0 Å². The predicted octanol–water partition coefficient (Wildman–Crippen LogP) is 5.58. The van der Waals surface area contributed by atoms with E-state index in [4.69, 9.17) is 0 Å². The van der Waals surface area contributed by atoms with Crippen molar-refractivity contribution in [2.45, 2.75) is 0 Å². The number of hydrogen-bond donors (Lipinski definition) is 1. The van der Waals surface area contributed by atoms with Crippen LogP contribution >= 0.6 is 0 Å². The van der Waals surface area contributed by atoms with E-state index in [1.807, 2.05) is 6.07 Å². The van der Waals surface area contributed by atoms with Gasteiger partial charge in [0.25, 0.3) is 5.91 Å². The molecule has 6 heteroatoms. The molecular formula is C30H18N2O4. The number of benzene rings is 4. The summed E-state index contributed by atoms with van der Waals surface area (Å²) in [5.74, 6) is -1.50. The highest BCUT2D eigenvalue weighted by Gasteiger charge is 2.35. The van der Waals surface area contributed by atoms with Crippen LogP contribution in [0.25, 0.3) is 10.9 Å². The largest absolute Gasteiger partial charge is 0.505 e. The Hall–Kier alpha value is -5.10. The van der Waals surface area contributed by atoms with Crippen LogP contribution in [0.15, 0.2) is 108 Å². The quantitative estimate of drug-likeness (QED) is 0.347. The SMILES string of the molecule is O=C1C(c2c(O)c3c(C(=O)c4ccccc4)cccc3n2C(=O)c2ccccc2)=Nc2ccccc21. The van der Waals surface area contributed by atoms with Crippen LogP contribution < -0.4 is 0 Å². The Morgan fingerprint density at radius 2 is 1.36 bits per heavy atom. The van der Waals surface area contributed by atoms with Crippen LogP contribution in [0.3, 0.4) is 0 Å². The summed E-state index contributed by atoms with van der Waals surface area (Å²) < 4.78 is 1.28. The predicted molar refractivity (Wildman–Crippen MR) is 137 cm³/mol. The number of aliphatic imine (C=N–C) groups is 1. The molecule has 0 spiro atoms. The fourth-order valence-corrected chi connectivity index (χ4v) is 4.62. The highest BCUT2D eigenvalue weighted by molar-refractivity contribution is 6.55. The summed E-state index contributed by atoms with van der Waals surface area (Å²) in [4.78, 5) is 45.0. The van der Waals surface area contributed by atoms with E-state index in [0.29, 0.717) is 27.9 Å². The van der Waals surface area contributed by atoms with E-state index >= 15 is 0 Å². The lowest BCUT2D eigenvalue weighted by Gasteiger charge is -2.09. The van der Waals surface area contributed by atoms with E-state index in [-0.39, 0.29) is 33.9 Å². The monoisotopic (exact) mass is 470 g/mol. The molecule has 6 rings (SSSR count). The van der Waals surface area contributed by atoms with Crippen molar-refractivity contribution in [3.63, 3.8) is 0 Å². The van der Waals surface area contributed by atoms with Gasteiger partial charge in [-0.2, -0.15) is 0 Å². The second-order valence-electron chi connectivity index (χ2n) is 8.41. The van der Waals surface area contributed by atoms with Crippen molar-refractivity contribution in [2.24, 2.45) is 4.99 Å². The van der Waals surface area contributed by atoms with Crippen molar-refractivity contribution < 1.29 is 19.5 Å². The maximum absolute atomic E-state index is 13.8. The fourth-order valence-electron chi connectivity index (χ4n) is 4.62. The van der Waals surface area contributed by atoms with Gasteiger partial charge in [0.1, 0.15) is 11.4 Å². The minimum Gasteiger partial charge on any atom is -0.505 e. The molecule has 5 aromatic rings. The molecular weight excluding hydrogens is 452 g/mol. The van der Waals surface area contributed by atoms with Gasteiger partial charge in [0.15, 0.2) is 11.5 Å². The van der Waals surface area contributed by atoms with Crippen LogP contribution in [0.4, 0.5) is 5.69 Å². The van der Waals surface area contributed by atoms with Crippen LogP contribution in [0, 0.1) is 0 Å². The number of ketones is 2. The average Bonchev–Trinajstić information content (AvgIpc) is 3.42. The standard InChI is InChI=1S/C30H18N2O4/c33-27(18-10-3-1-4-11-18)21-15-9-17-23-24(21)29(35)26(32(23)30(36)19-12-5-2-6-13-19)25-28(34)20-14-7-8-16-22(20)31-25/h1-17,35H. The van der Waals surface area contributed by atoms with Gasteiger partial charge in [-0.05, 0) is 30.3 Å². The summed E-state index contributed by atoms with van der Waals surface area (Å²) in [5, 5.41) is 11.7. The van der Waals surface area contributed by atoms with E-state index in [1.165, 1.54) is 4.57 Å². The number of rotatable bonds is 4. The van der Waals surface area contributed by atoms with E-state index in [0.717, 1.165) is 0 Å². The molecule has 0 amide bonds. The van der Waals surface area contributed by atoms with Gasteiger partial charge in [-0.15, -0.1) is 0 Å². The second-order valence-corrected chi connectivity index (χ2v) is 8.41. The van der Waals surface area contributed by atoms with Gasteiger partial charge in [0, 0.05) is 22.3 Å².